The summed E-state index contributed by atoms with van der Waals surface area (Å²) in [7, 11) is 1.72. The zero-order valence-electron chi connectivity index (χ0n) is 12.5. The first-order valence-corrected chi connectivity index (χ1v) is 7.09. The van der Waals surface area contributed by atoms with Gasteiger partial charge in [0.25, 0.3) is 0 Å². The molecule has 2 rings (SSSR count). The van der Waals surface area contributed by atoms with E-state index in [-0.39, 0.29) is 18.1 Å². The van der Waals surface area contributed by atoms with Gasteiger partial charge >= 0.3 is 0 Å². The van der Waals surface area contributed by atoms with Gasteiger partial charge in [0.2, 0.25) is 5.91 Å². The molecule has 0 bridgehead atoms. The Bertz CT molecular complexity index is 452. The number of nitrogens with one attached hydrogen (secondary N) is 2. The first-order valence-electron chi connectivity index (χ1n) is 7.09. The van der Waals surface area contributed by atoms with Gasteiger partial charge < -0.3 is 15.4 Å². The van der Waals surface area contributed by atoms with Crippen LogP contribution in [0.25, 0.3) is 0 Å². The monoisotopic (exact) mass is 280 g/mol. The van der Waals surface area contributed by atoms with Gasteiger partial charge in [0, 0.05) is 25.9 Å². The Morgan fingerprint density at radius 1 is 1.55 bits per heavy atom. The van der Waals surface area contributed by atoms with E-state index in [0.29, 0.717) is 6.04 Å². The van der Waals surface area contributed by atoms with Crippen LogP contribution in [0.5, 0.6) is 0 Å². The molecular formula is C14H24N4O2. The van der Waals surface area contributed by atoms with Crippen LogP contribution in [0.3, 0.4) is 0 Å². The smallest absolute Gasteiger partial charge is 0.241 e. The number of hydrogen-bond acceptors (Lipinski definition) is 4. The third kappa shape index (κ3) is 4.85. The molecule has 20 heavy (non-hydrogen) atoms. The number of hydrogen-bond donors (Lipinski definition) is 2. The first kappa shape index (κ1) is 14.8. The number of nitrogens with zero attached hydrogens (tertiary/aromatic N) is 2. The summed E-state index contributed by atoms with van der Waals surface area (Å²) in [5.74, 6) is 0.0302. The highest BCUT2D eigenvalue weighted by Gasteiger charge is 2.23. The minimum Gasteiger partial charge on any atom is -0.382 e. The lowest BCUT2D eigenvalue weighted by molar-refractivity contribution is -0.122. The zero-order valence-corrected chi connectivity index (χ0v) is 12.5. The molecule has 1 aliphatic rings. The molecule has 1 aromatic rings. The predicted molar refractivity (Wildman–Crippen MR) is 77.6 cm³/mol. The molecule has 1 fully saturated rings. The minimum absolute atomic E-state index is 0.0302. The van der Waals surface area contributed by atoms with Crippen molar-refractivity contribution in [3.05, 3.63) is 12.4 Å². The number of methoxy groups -OCH3 is 1. The highest BCUT2D eigenvalue weighted by atomic mass is 16.5. The Balaban J connectivity index is 1.72. The number of aromatic nitrogens is 2. The summed E-state index contributed by atoms with van der Waals surface area (Å²) in [6, 6.07) is 0.395. The number of amides is 1. The van der Waals surface area contributed by atoms with Crippen LogP contribution in [0.4, 0.5) is 5.69 Å². The van der Waals surface area contributed by atoms with Crippen LogP contribution in [0.15, 0.2) is 12.4 Å². The number of carbonyl (C=O) groups excluding carboxylic acids is 1. The van der Waals surface area contributed by atoms with Gasteiger partial charge in [-0.15, -0.1) is 0 Å². The average Bonchev–Trinajstić information content (AvgIpc) is 3.08. The van der Waals surface area contributed by atoms with Crippen molar-refractivity contribution in [2.45, 2.75) is 51.3 Å². The number of anilines is 1. The fourth-order valence-electron chi connectivity index (χ4n) is 1.80. The predicted octanol–water partition coefficient (Wildman–Crippen LogP) is 1.39. The molecule has 0 unspecified atom stereocenters. The van der Waals surface area contributed by atoms with Crippen LogP contribution < -0.4 is 10.6 Å². The van der Waals surface area contributed by atoms with Crippen molar-refractivity contribution in [2.24, 2.45) is 0 Å². The van der Waals surface area contributed by atoms with Gasteiger partial charge in [-0.25, -0.2) is 0 Å². The number of ether oxygens (including phenoxy) is 1. The van der Waals surface area contributed by atoms with E-state index in [4.69, 9.17) is 4.74 Å². The summed E-state index contributed by atoms with van der Waals surface area (Å²) < 4.78 is 7.02. The van der Waals surface area contributed by atoms with E-state index in [9.17, 15) is 4.79 Å². The van der Waals surface area contributed by atoms with Crippen molar-refractivity contribution in [3.63, 3.8) is 0 Å². The summed E-state index contributed by atoms with van der Waals surface area (Å²) in [5, 5.41) is 10.4. The minimum atomic E-state index is -0.132. The topological polar surface area (TPSA) is 68.2 Å². The Labute approximate surface area is 119 Å². The molecule has 1 saturated carbocycles. The Morgan fingerprint density at radius 3 is 2.95 bits per heavy atom. The molecule has 2 N–H and O–H groups in total. The maximum Gasteiger partial charge on any atom is 0.241 e. The van der Waals surface area contributed by atoms with E-state index < -0.39 is 0 Å². The second-order valence-corrected chi connectivity index (χ2v) is 5.91. The summed E-state index contributed by atoms with van der Waals surface area (Å²) >= 11 is 0. The lowest BCUT2D eigenvalue weighted by Crippen LogP contribution is -2.29. The van der Waals surface area contributed by atoms with Crippen LogP contribution in [-0.4, -0.2) is 41.0 Å². The van der Waals surface area contributed by atoms with Gasteiger partial charge in [-0.3, -0.25) is 9.48 Å². The normalized spacial score (nSPS) is 15.2. The van der Waals surface area contributed by atoms with Crippen molar-refractivity contribution in [3.8, 4) is 0 Å². The number of carbonyl (C=O) groups is 1. The third-order valence-electron chi connectivity index (χ3n) is 3.49. The molecule has 0 aliphatic heterocycles. The van der Waals surface area contributed by atoms with Crippen molar-refractivity contribution in [1.82, 2.24) is 15.1 Å². The van der Waals surface area contributed by atoms with E-state index in [1.165, 1.54) is 0 Å². The highest BCUT2D eigenvalue weighted by molar-refractivity contribution is 5.76. The van der Waals surface area contributed by atoms with E-state index in [2.05, 4.69) is 29.6 Å². The van der Waals surface area contributed by atoms with Gasteiger partial charge in [-0.05, 0) is 33.1 Å². The third-order valence-corrected chi connectivity index (χ3v) is 3.49. The average molecular weight is 280 g/mol. The fraction of sp³-hybridized carbons (Fsp3) is 0.714. The van der Waals surface area contributed by atoms with E-state index in [1.807, 2.05) is 6.20 Å². The van der Waals surface area contributed by atoms with Gasteiger partial charge in [-0.2, -0.15) is 5.10 Å². The molecule has 1 aromatic heterocycles. The highest BCUT2D eigenvalue weighted by Crippen LogP contribution is 2.18. The quantitative estimate of drug-likeness (QED) is 0.755. The van der Waals surface area contributed by atoms with E-state index >= 15 is 0 Å². The van der Waals surface area contributed by atoms with Gasteiger partial charge in [0.15, 0.2) is 0 Å². The second kappa shape index (κ2) is 6.26. The molecule has 1 amide bonds. The molecule has 0 aromatic carbocycles. The maximum atomic E-state index is 11.6. The zero-order chi connectivity index (χ0) is 14.6. The van der Waals surface area contributed by atoms with Crippen LogP contribution in [0.2, 0.25) is 0 Å². The molecule has 0 spiro atoms. The Kier molecular flexibility index (Phi) is 4.65. The maximum absolute atomic E-state index is 11.6. The molecule has 6 nitrogen and oxygen atoms in total. The van der Waals surface area contributed by atoms with Gasteiger partial charge in [-0.1, -0.05) is 0 Å². The first-order chi connectivity index (χ1) is 9.48. The summed E-state index contributed by atoms with van der Waals surface area (Å²) in [4.78, 5) is 11.6. The molecular weight excluding hydrogens is 256 g/mol. The van der Waals surface area contributed by atoms with Crippen LogP contribution in [-0.2, 0) is 16.1 Å². The molecule has 0 atom stereocenters. The van der Waals surface area contributed by atoms with Crippen molar-refractivity contribution in [1.29, 1.82) is 0 Å². The largest absolute Gasteiger partial charge is 0.382 e. The van der Waals surface area contributed by atoms with E-state index in [1.54, 1.807) is 18.0 Å². The van der Waals surface area contributed by atoms with Crippen LogP contribution in [0, 0.1) is 0 Å². The standard InChI is InChI=1S/C14H24N4O2/c1-14(2,20-3)6-7-15-12-8-16-18(9-12)10-13(19)17-11-4-5-11/h8-9,11,15H,4-7,10H2,1-3H3,(H,17,19). The van der Waals surface area contributed by atoms with E-state index in [0.717, 1.165) is 31.5 Å². The second-order valence-electron chi connectivity index (χ2n) is 5.91. The molecule has 1 heterocycles. The molecule has 112 valence electrons. The Morgan fingerprint density at radius 2 is 2.30 bits per heavy atom. The van der Waals surface area contributed by atoms with Crippen molar-refractivity contribution < 1.29 is 9.53 Å². The molecule has 0 radical (unpaired) electrons. The van der Waals surface area contributed by atoms with Crippen molar-refractivity contribution in [2.75, 3.05) is 19.0 Å². The molecule has 0 saturated heterocycles. The van der Waals surface area contributed by atoms with Gasteiger partial charge in [0.05, 0.1) is 17.5 Å². The number of rotatable bonds is 8. The summed E-state index contributed by atoms with van der Waals surface area (Å²) in [6.07, 6.45) is 6.70. The molecule has 1 aliphatic carbocycles. The summed E-state index contributed by atoms with van der Waals surface area (Å²) in [5.41, 5.74) is 0.795. The lowest BCUT2D eigenvalue weighted by atomic mass is 10.1. The summed E-state index contributed by atoms with van der Waals surface area (Å²) in [6.45, 7) is 5.20. The molecule has 6 heteroatoms. The fourth-order valence-corrected chi connectivity index (χ4v) is 1.80. The van der Waals surface area contributed by atoms with Gasteiger partial charge in [0.1, 0.15) is 6.54 Å². The SMILES string of the molecule is COC(C)(C)CCNc1cnn(CC(=O)NC2CC2)c1. The lowest BCUT2D eigenvalue weighted by Gasteiger charge is -2.22. The van der Waals surface area contributed by atoms with Crippen LogP contribution >= 0.6 is 0 Å². The van der Waals surface area contributed by atoms with Crippen molar-refractivity contribution >= 4 is 11.6 Å². The Hall–Kier alpha value is -1.56. The van der Waals surface area contributed by atoms with Crippen LogP contribution in [0.1, 0.15) is 33.1 Å².